The van der Waals surface area contributed by atoms with E-state index in [1.165, 1.54) is 12.1 Å². The fourth-order valence-corrected chi connectivity index (χ4v) is 4.87. The third-order valence-corrected chi connectivity index (χ3v) is 7.10. The van der Waals surface area contributed by atoms with Crippen molar-refractivity contribution >= 4 is 30.7 Å². The van der Waals surface area contributed by atoms with Crippen LogP contribution in [0, 0.1) is 5.82 Å². The van der Waals surface area contributed by atoms with Crippen LogP contribution in [0.2, 0.25) is 0 Å². The van der Waals surface area contributed by atoms with Gasteiger partial charge in [-0.15, -0.1) is 0 Å². The van der Waals surface area contributed by atoms with Crippen LogP contribution in [0.4, 0.5) is 16.2 Å². The number of nitrogens with two attached hydrogens (primary N) is 1. The Bertz CT molecular complexity index is 1590. The van der Waals surface area contributed by atoms with Crippen LogP contribution >= 0.6 is 0 Å². The van der Waals surface area contributed by atoms with E-state index in [1.807, 2.05) is 36.9 Å². The first kappa shape index (κ1) is 24.0. The predicted octanol–water partition coefficient (Wildman–Crippen LogP) is 1.40. The Morgan fingerprint density at radius 3 is 2.29 bits per heavy atom. The molecule has 1 atom stereocenters. The van der Waals surface area contributed by atoms with Crippen LogP contribution in [0.25, 0.3) is 16.6 Å². The van der Waals surface area contributed by atoms with E-state index in [4.69, 9.17) is 13.6 Å². The number of aromatic nitrogens is 7. The SMILES string of the molecule is [B]c1nn(C)cc1-c1cc2c(N3CCN(c4ncc([C@](C)(N)c5ccc(F)cc5)cn4)CC3)ncnn2c1. The average molecular weight is 508 g/mol. The number of rotatable bonds is 5. The summed E-state index contributed by atoms with van der Waals surface area (Å²) in [5.74, 6) is 1.21. The molecule has 1 aliphatic heterocycles. The number of benzene rings is 1. The molecule has 1 aliphatic rings. The van der Waals surface area contributed by atoms with E-state index >= 15 is 0 Å². The third kappa shape index (κ3) is 4.26. The number of piperazine rings is 1. The Kier molecular flexibility index (Phi) is 5.83. The second kappa shape index (κ2) is 9.21. The van der Waals surface area contributed by atoms with Gasteiger partial charge in [0.05, 0.1) is 5.54 Å². The lowest BCUT2D eigenvalue weighted by Gasteiger charge is -2.35. The zero-order valence-electron chi connectivity index (χ0n) is 21.2. The Balaban J connectivity index is 1.17. The van der Waals surface area contributed by atoms with E-state index < -0.39 is 5.54 Å². The maximum Gasteiger partial charge on any atom is 0.225 e. The summed E-state index contributed by atoms with van der Waals surface area (Å²) >= 11 is 0. The van der Waals surface area contributed by atoms with Gasteiger partial charge < -0.3 is 15.5 Å². The van der Waals surface area contributed by atoms with Gasteiger partial charge in [-0.3, -0.25) is 4.68 Å². The highest BCUT2D eigenvalue weighted by Gasteiger charge is 2.26. The van der Waals surface area contributed by atoms with Crippen LogP contribution in [0.5, 0.6) is 0 Å². The molecule has 1 saturated heterocycles. The fourth-order valence-electron chi connectivity index (χ4n) is 4.87. The van der Waals surface area contributed by atoms with Gasteiger partial charge >= 0.3 is 0 Å². The molecule has 5 aromatic rings. The summed E-state index contributed by atoms with van der Waals surface area (Å²) in [5.41, 5.74) is 10.5. The average Bonchev–Trinajstić information content (AvgIpc) is 3.51. The monoisotopic (exact) mass is 508 g/mol. The fraction of sp³-hybridized carbons (Fsp3) is 0.269. The minimum atomic E-state index is -0.833. The predicted molar refractivity (Wildman–Crippen MR) is 144 cm³/mol. The molecule has 1 fully saturated rings. The number of nitrogens with zero attached hydrogens (tertiary/aromatic N) is 9. The van der Waals surface area contributed by atoms with Gasteiger partial charge in [0.1, 0.15) is 25.5 Å². The van der Waals surface area contributed by atoms with Crippen molar-refractivity contribution in [1.82, 2.24) is 34.3 Å². The first-order valence-corrected chi connectivity index (χ1v) is 12.3. The van der Waals surface area contributed by atoms with Crippen molar-refractivity contribution in [3.8, 4) is 11.1 Å². The summed E-state index contributed by atoms with van der Waals surface area (Å²) in [4.78, 5) is 18.2. The Morgan fingerprint density at radius 1 is 0.947 bits per heavy atom. The zero-order valence-corrected chi connectivity index (χ0v) is 21.2. The maximum absolute atomic E-state index is 13.3. The van der Waals surface area contributed by atoms with Crippen LogP contribution in [-0.4, -0.2) is 68.4 Å². The largest absolute Gasteiger partial charge is 0.351 e. The summed E-state index contributed by atoms with van der Waals surface area (Å²) < 4.78 is 16.9. The van der Waals surface area contributed by atoms with E-state index in [9.17, 15) is 4.39 Å². The van der Waals surface area contributed by atoms with E-state index in [-0.39, 0.29) is 5.82 Å². The molecule has 2 N–H and O–H groups in total. The first-order chi connectivity index (χ1) is 18.3. The Hall–Kier alpha value is -4.32. The number of halogens is 1. The molecule has 0 saturated carbocycles. The topological polar surface area (TPSA) is 106 Å². The normalized spacial score (nSPS) is 15.7. The van der Waals surface area contributed by atoms with E-state index in [0.29, 0.717) is 11.5 Å². The maximum atomic E-state index is 13.3. The van der Waals surface area contributed by atoms with Gasteiger partial charge in [-0.2, -0.15) is 10.2 Å². The lowest BCUT2D eigenvalue weighted by Crippen LogP contribution is -2.47. The number of hydrogen-bond acceptors (Lipinski definition) is 8. The second-order valence-electron chi connectivity index (χ2n) is 9.70. The lowest BCUT2D eigenvalue weighted by molar-refractivity contribution is 0.585. The first-order valence-electron chi connectivity index (χ1n) is 12.3. The van der Waals surface area contributed by atoms with Crippen LogP contribution in [-0.2, 0) is 12.6 Å². The molecule has 190 valence electrons. The molecule has 10 nitrogen and oxygen atoms in total. The van der Waals surface area contributed by atoms with Crippen molar-refractivity contribution in [3.05, 3.63) is 78.4 Å². The highest BCUT2D eigenvalue weighted by molar-refractivity contribution is 6.34. The second-order valence-corrected chi connectivity index (χ2v) is 9.70. The van der Waals surface area contributed by atoms with E-state index in [1.54, 1.807) is 35.5 Å². The molecule has 6 rings (SSSR count). The molecular formula is C26H26BFN10. The summed E-state index contributed by atoms with van der Waals surface area (Å²) in [6.45, 7) is 4.83. The minimum Gasteiger partial charge on any atom is -0.351 e. The molecule has 1 aromatic carbocycles. The van der Waals surface area contributed by atoms with Crippen LogP contribution in [0.15, 0.2) is 61.4 Å². The van der Waals surface area contributed by atoms with Gasteiger partial charge in [0.15, 0.2) is 5.82 Å². The molecule has 2 radical (unpaired) electrons. The molecule has 0 amide bonds. The van der Waals surface area contributed by atoms with Crippen molar-refractivity contribution in [3.63, 3.8) is 0 Å². The van der Waals surface area contributed by atoms with Crippen molar-refractivity contribution < 1.29 is 4.39 Å². The van der Waals surface area contributed by atoms with Gasteiger partial charge in [0.25, 0.3) is 0 Å². The van der Waals surface area contributed by atoms with Gasteiger partial charge in [0.2, 0.25) is 5.95 Å². The summed E-state index contributed by atoms with van der Waals surface area (Å²) in [6.07, 6.45) is 8.90. The zero-order chi connectivity index (χ0) is 26.4. The van der Waals surface area contributed by atoms with Crippen LogP contribution in [0.1, 0.15) is 18.1 Å². The van der Waals surface area contributed by atoms with Crippen LogP contribution < -0.4 is 21.1 Å². The summed E-state index contributed by atoms with van der Waals surface area (Å²) in [5, 5.41) is 8.63. The van der Waals surface area contributed by atoms with Crippen LogP contribution in [0.3, 0.4) is 0 Å². The number of aryl methyl sites for hydroxylation is 1. The van der Waals surface area contributed by atoms with Crippen molar-refractivity contribution in [2.75, 3.05) is 36.0 Å². The van der Waals surface area contributed by atoms with Crippen molar-refractivity contribution in [2.45, 2.75) is 12.5 Å². The third-order valence-electron chi connectivity index (χ3n) is 7.10. The van der Waals surface area contributed by atoms with E-state index in [0.717, 1.165) is 59.8 Å². The van der Waals surface area contributed by atoms with Gasteiger partial charge in [-0.05, 0) is 30.7 Å². The summed E-state index contributed by atoms with van der Waals surface area (Å²) in [6, 6.07) is 8.23. The number of anilines is 2. The molecule has 0 spiro atoms. The van der Waals surface area contributed by atoms with Crippen molar-refractivity contribution in [1.29, 1.82) is 0 Å². The molecule has 0 bridgehead atoms. The van der Waals surface area contributed by atoms with Crippen molar-refractivity contribution in [2.24, 2.45) is 12.8 Å². The van der Waals surface area contributed by atoms with Gasteiger partial charge in [0, 0.05) is 80.3 Å². The minimum absolute atomic E-state index is 0.298. The van der Waals surface area contributed by atoms with Gasteiger partial charge in [-0.25, -0.2) is 23.9 Å². The Labute approximate surface area is 220 Å². The van der Waals surface area contributed by atoms with Gasteiger partial charge in [-0.1, -0.05) is 12.1 Å². The smallest absolute Gasteiger partial charge is 0.225 e. The number of fused-ring (bicyclic) bond motifs is 1. The Morgan fingerprint density at radius 2 is 1.63 bits per heavy atom. The molecule has 5 heterocycles. The highest BCUT2D eigenvalue weighted by Crippen LogP contribution is 2.28. The quantitative estimate of drug-likeness (QED) is 0.356. The highest BCUT2D eigenvalue weighted by atomic mass is 19.1. The molecule has 38 heavy (non-hydrogen) atoms. The number of hydrogen-bond donors (Lipinski definition) is 1. The summed E-state index contributed by atoms with van der Waals surface area (Å²) in [7, 11) is 7.93. The standard InChI is InChI=1S/C26H26BFN10/c1-26(29,18-3-5-20(28)6-4-18)19-12-30-25(31-13-19)37-9-7-36(8-10-37)24-22-11-17(14-38(22)33-16-32-24)21-15-35(2)34-23(21)27/h3-6,11-16H,7-10,29H2,1-2H3/t26-/m1/s1. The molecule has 0 aliphatic carbocycles. The molecule has 0 unspecified atom stereocenters. The lowest BCUT2D eigenvalue weighted by atomic mass is 9.87. The van der Waals surface area contributed by atoms with E-state index in [2.05, 4.69) is 34.9 Å². The molecule has 12 heteroatoms. The molecular weight excluding hydrogens is 482 g/mol. The molecule has 4 aromatic heterocycles.